The lowest BCUT2D eigenvalue weighted by Gasteiger charge is -2.33. The van der Waals surface area contributed by atoms with Gasteiger partial charge in [0, 0.05) is 6.42 Å². The largest absolute Gasteiger partial charge is 0.471 e. The molecule has 3 aliphatic rings. The molecular weight excluding hydrogens is 655 g/mol. The van der Waals surface area contributed by atoms with Gasteiger partial charge in [0.05, 0.1) is 39.7 Å². The van der Waals surface area contributed by atoms with E-state index in [2.05, 4.69) is 10.3 Å². The molecule has 6 rings (SSSR count). The summed E-state index contributed by atoms with van der Waals surface area (Å²) in [7, 11) is -4.08. The van der Waals surface area contributed by atoms with Crippen molar-refractivity contribution in [2.24, 2.45) is 17.1 Å². The van der Waals surface area contributed by atoms with Crippen molar-refractivity contribution in [3.05, 3.63) is 41.8 Å². The number of fused-ring (bicyclic) bond motifs is 1. The maximum atomic E-state index is 13.9. The second-order valence-electron chi connectivity index (χ2n) is 13.5. The SMILES string of the molecule is CC(C)(C)[C@H](N)C(=O)N1C[C@H](Oc2nc3ccccc3nc2-c2cccs2)C[C@H]1C(=O)N[C@]1(C(=O)NS(=O)(=O)C2CC2)C[C@H]1C(F)F. The number of aromatic nitrogens is 2. The fourth-order valence-electron chi connectivity index (χ4n) is 5.76. The summed E-state index contributed by atoms with van der Waals surface area (Å²) in [5, 5.41) is 3.52. The number of nitrogens with two attached hydrogens (primary N) is 1. The van der Waals surface area contributed by atoms with E-state index in [1.807, 2.05) is 40.4 Å². The van der Waals surface area contributed by atoms with Gasteiger partial charge in [-0.3, -0.25) is 19.1 Å². The number of carbonyl (C=O) groups excluding carboxylic acids is 3. The van der Waals surface area contributed by atoms with E-state index >= 15 is 0 Å². The predicted octanol–water partition coefficient (Wildman–Crippen LogP) is 2.83. The molecule has 2 aromatic heterocycles. The normalized spacial score (nSPS) is 25.1. The zero-order valence-electron chi connectivity index (χ0n) is 26.0. The van der Waals surface area contributed by atoms with Crippen LogP contribution in [0.15, 0.2) is 41.8 Å². The molecule has 5 atom stereocenters. The highest BCUT2D eigenvalue weighted by atomic mass is 32.2. The number of thiophene rings is 1. The quantitative estimate of drug-likeness (QED) is 0.289. The maximum absolute atomic E-state index is 13.9. The lowest BCUT2D eigenvalue weighted by atomic mass is 9.86. The van der Waals surface area contributed by atoms with Crippen LogP contribution in [0.5, 0.6) is 5.88 Å². The smallest absolute Gasteiger partial charge is 0.259 e. The molecule has 3 aromatic rings. The number of halogens is 2. The van der Waals surface area contributed by atoms with E-state index < -0.39 is 80.9 Å². The predicted molar refractivity (Wildman–Crippen MR) is 170 cm³/mol. The number of benzene rings is 1. The lowest BCUT2D eigenvalue weighted by molar-refractivity contribution is -0.142. The zero-order chi connectivity index (χ0) is 33.9. The molecule has 16 heteroatoms. The van der Waals surface area contributed by atoms with Crippen molar-refractivity contribution < 1.29 is 36.3 Å². The summed E-state index contributed by atoms with van der Waals surface area (Å²) in [5.41, 5.74) is 5.17. The van der Waals surface area contributed by atoms with Crippen LogP contribution >= 0.6 is 11.3 Å². The van der Waals surface area contributed by atoms with Crippen LogP contribution in [0.3, 0.4) is 0 Å². The Morgan fingerprint density at radius 1 is 1.11 bits per heavy atom. The number of likely N-dealkylation sites (tertiary alicyclic amines) is 1. The summed E-state index contributed by atoms with van der Waals surface area (Å²) in [6.45, 7) is 5.21. The Morgan fingerprint density at radius 2 is 1.79 bits per heavy atom. The molecular formula is C31H36F2N6O6S2. The number of alkyl halides is 2. The number of rotatable bonds is 10. The van der Waals surface area contributed by atoms with Crippen LogP contribution in [-0.2, 0) is 24.4 Å². The molecule has 1 aliphatic heterocycles. The monoisotopic (exact) mass is 690 g/mol. The van der Waals surface area contributed by atoms with E-state index in [0.717, 1.165) is 4.88 Å². The molecule has 4 N–H and O–H groups in total. The number of nitrogens with zero attached hydrogens (tertiary/aromatic N) is 3. The highest BCUT2D eigenvalue weighted by Crippen LogP contribution is 2.48. The lowest BCUT2D eigenvalue weighted by Crippen LogP contribution is -2.59. The Kier molecular flexibility index (Phi) is 8.49. The van der Waals surface area contributed by atoms with Crippen LogP contribution in [-0.4, -0.2) is 83.0 Å². The standard InChI is InChI=1S/C31H36F2N6O6S2/c1-30(2,3)24(34)28(41)39-15-16(45-27-23(22-9-6-12-46-22)35-19-7-4-5-8-20(19)36-27)13-21(39)26(40)37-31(14-18(31)25(32)33)29(42)38-47(43,44)17-10-11-17/h4-9,12,16-18,21,24-25H,10-11,13-15,34H2,1-3H3,(H,37,40)(H,38,42)/t16-,18+,21+,24-,31-/m1/s1. The average molecular weight is 691 g/mol. The first-order valence-corrected chi connectivity index (χ1v) is 17.7. The van der Waals surface area contributed by atoms with Crippen molar-refractivity contribution in [2.75, 3.05) is 6.54 Å². The van der Waals surface area contributed by atoms with Gasteiger partial charge in [0.25, 0.3) is 5.91 Å². The molecule has 1 saturated heterocycles. The van der Waals surface area contributed by atoms with Gasteiger partial charge >= 0.3 is 0 Å². The Labute approximate surface area is 274 Å². The molecule has 0 bridgehead atoms. The van der Waals surface area contributed by atoms with E-state index in [9.17, 15) is 31.6 Å². The molecule has 0 radical (unpaired) electrons. The van der Waals surface area contributed by atoms with Crippen molar-refractivity contribution in [1.82, 2.24) is 24.9 Å². The number of amides is 3. The highest BCUT2D eigenvalue weighted by Gasteiger charge is 2.66. The van der Waals surface area contributed by atoms with Gasteiger partial charge in [-0.2, -0.15) is 0 Å². The van der Waals surface area contributed by atoms with Crippen molar-refractivity contribution in [3.8, 4) is 16.5 Å². The van der Waals surface area contributed by atoms with E-state index in [1.54, 1.807) is 26.8 Å². The zero-order valence-corrected chi connectivity index (χ0v) is 27.6. The van der Waals surface area contributed by atoms with E-state index in [1.165, 1.54) is 16.2 Å². The molecule has 3 amide bonds. The van der Waals surface area contributed by atoms with Crippen molar-refractivity contribution in [1.29, 1.82) is 0 Å². The van der Waals surface area contributed by atoms with Crippen LogP contribution in [0.1, 0.15) is 46.5 Å². The van der Waals surface area contributed by atoms with E-state index in [4.69, 9.17) is 15.5 Å². The minimum absolute atomic E-state index is 0.0791. The van der Waals surface area contributed by atoms with Crippen molar-refractivity contribution in [2.45, 2.75) is 81.9 Å². The van der Waals surface area contributed by atoms with Crippen molar-refractivity contribution in [3.63, 3.8) is 0 Å². The van der Waals surface area contributed by atoms with Gasteiger partial charge in [-0.1, -0.05) is 39.0 Å². The van der Waals surface area contributed by atoms with Crippen LogP contribution in [0.4, 0.5) is 8.78 Å². The molecule has 2 saturated carbocycles. The Morgan fingerprint density at radius 3 is 2.36 bits per heavy atom. The second kappa shape index (κ2) is 12.0. The molecule has 1 aromatic carbocycles. The fraction of sp³-hybridized carbons (Fsp3) is 0.516. The van der Waals surface area contributed by atoms with Gasteiger partial charge in [0.2, 0.25) is 34.1 Å². The molecule has 3 fully saturated rings. The summed E-state index contributed by atoms with van der Waals surface area (Å²) in [6.07, 6.45) is -3.62. The molecule has 2 aliphatic carbocycles. The first-order valence-electron chi connectivity index (χ1n) is 15.3. The van der Waals surface area contributed by atoms with E-state index in [-0.39, 0.29) is 18.8 Å². The molecule has 47 heavy (non-hydrogen) atoms. The molecule has 252 valence electrons. The minimum Gasteiger partial charge on any atom is -0.471 e. The van der Waals surface area contributed by atoms with E-state index in [0.29, 0.717) is 29.6 Å². The van der Waals surface area contributed by atoms with Gasteiger partial charge < -0.3 is 20.7 Å². The third-order valence-corrected chi connectivity index (χ3v) is 11.6. The number of ether oxygens (including phenoxy) is 1. The summed E-state index contributed by atoms with van der Waals surface area (Å²) in [6, 6.07) is 8.67. The Balaban J connectivity index is 1.29. The molecule has 0 spiro atoms. The van der Waals surface area contributed by atoms with Gasteiger partial charge in [-0.05, 0) is 48.3 Å². The number of hydrogen-bond acceptors (Lipinski definition) is 10. The maximum Gasteiger partial charge on any atom is 0.259 e. The fourth-order valence-corrected chi connectivity index (χ4v) is 7.83. The van der Waals surface area contributed by atoms with Crippen LogP contribution in [0, 0.1) is 11.3 Å². The number of carbonyl (C=O) groups is 3. The third kappa shape index (κ3) is 6.54. The summed E-state index contributed by atoms with van der Waals surface area (Å²) in [5.74, 6) is -4.09. The first-order chi connectivity index (χ1) is 22.1. The van der Waals surface area contributed by atoms with Gasteiger partial charge in [0.15, 0.2) is 0 Å². The second-order valence-corrected chi connectivity index (χ2v) is 16.4. The van der Waals surface area contributed by atoms with Crippen LogP contribution in [0.25, 0.3) is 21.6 Å². The van der Waals surface area contributed by atoms with Gasteiger partial charge in [-0.25, -0.2) is 27.2 Å². The number of hydrogen-bond donors (Lipinski definition) is 3. The van der Waals surface area contributed by atoms with Crippen molar-refractivity contribution >= 4 is 50.1 Å². The van der Waals surface area contributed by atoms with Crippen LogP contribution in [0.2, 0.25) is 0 Å². The topological polar surface area (TPSA) is 174 Å². The molecule has 0 unspecified atom stereocenters. The van der Waals surface area contributed by atoms with Gasteiger partial charge in [-0.15, -0.1) is 11.3 Å². The van der Waals surface area contributed by atoms with Crippen LogP contribution < -0.4 is 20.5 Å². The number of nitrogens with one attached hydrogen (secondary N) is 2. The number of para-hydroxylation sites is 2. The molecule has 3 heterocycles. The average Bonchev–Trinajstić information content (AvgIpc) is 3.89. The summed E-state index contributed by atoms with van der Waals surface area (Å²) < 4.78 is 61.1. The Bertz CT molecular complexity index is 1810. The first kappa shape index (κ1) is 33.2. The molecule has 12 nitrogen and oxygen atoms in total. The van der Waals surface area contributed by atoms with Gasteiger partial charge in [0.1, 0.15) is 23.4 Å². The number of sulfonamides is 1. The summed E-state index contributed by atoms with van der Waals surface area (Å²) >= 11 is 1.43. The third-order valence-electron chi connectivity index (χ3n) is 8.89. The summed E-state index contributed by atoms with van der Waals surface area (Å²) in [4.78, 5) is 52.3. The minimum atomic E-state index is -4.08. The Hall–Kier alpha value is -3.76. The highest BCUT2D eigenvalue weighted by molar-refractivity contribution is 7.91.